The van der Waals surface area contributed by atoms with Gasteiger partial charge in [0.05, 0.1) is 0 Å². The molecule has 0 bridgehead atoms. The number of fused-ring (bicyclic) bond motifs is 6. The highest BCUT2D eigenvalue weighted by Crippen LogP contribution is 2.43. The van der Waals surface area contributed by atoms with Crippen LogP contribution in [0.2, 0.25) is 0 Å². The smallest absolute Gasteiger partial charge is 0.00132 e. The molecule has 7 aromatic rings. The Labute approximate surface area is 283 Å². The summed E-state index contributed by atoms with van der Waals surface area (Å²) >= 11 is 0. The lowest BCUT2D eigenvalue weighted by Gasteiger charge is -2.24. The van der Waals surface area contributed by atoms with Crippen LogP contribution in [0.15, 0.2) is 170 Å². The Kier molecular flexibility index (Phi) is 7.06. The van der Waals surface area contributed by atoms with Gasteiger partial charge in [-0.3, -0.25) is 0 Å². The molecule has 0 N–H and O–H groups in total. The average molecular weight is 611 g/mol. The van der Waals surface area contributed by atoms with E-state index in [9.17, 15) is 0 Å². The zero-order valence-corrected chi connectivity index (χ0v) is 26.7. The van der Waals surface area contributed by atoms with Gasteiger partial charge in [-0.1, -0.05) is 170 Å². The van der Waals surface area contributed by atoms with Crippen molar-refractivity contribution >= 4 is 23.3 Å². The molecule has 0 amide bonds. The summed E-state index contributed by atoms with van der Waals surface area (Å²) in [5.41, 5.74) is 20.8. The fourth-order valence-electron chi connectivity index (χ4n) is 7.52. The van der Waals surface area contributed by atoms with E-state index in [1.54, 1.807) is 0 Å². The molecule has 0 radical (unpaired) electrons. The highest BCUT2D eigenvalue weighted by Gasteiger charge is 2.21. The van der Waals surface area contributed by atoms with Gasteiger partial charge < -0.3 is 0 Å². The van der Waals surface area contributed by atoms with E-state index in [4.69, 9.17) is 0 Å². The minimum atomic E-state index is 0.902. The van der Waals surface area contributed by atoms with Crippen molar-refractivity contribution in [1.29, 1.82) is 0 Å². The highest BCUT2D eigenvalue weighted by atomic mass is 14.3. The van der Waals surface area contributed by atoms with Crippen molar-refractivity contribution in [2.24, 2.45) is 0 Å². The van der Waals surface area contributed by atoms with Crippen molar-refractivity contribution in [2.75, 3.05) is 0 Å². The molecule has 2 aliphatic rings. The normalized spacial score (nSPS) is 13.8. The van der Waals surface area contributed by atoms with Gasteiger partial charge in [-0.05, 0) is 114 Å². The molecule has 0 aromatic heterocycles. The summed E-state index contributed by atoms with van der Waals surface area (Å²) < 4.78 is 0. The molecule has 7 aromatic carbocycles. The van der Waals surface area contributed by atoms with E-state index in [0.29, 0.717) is 0 Å². The van der Waals surface area contributed by atoms with Gasteiger partial charge in [-0.15, -0.1) is 0 Å². The van der Waals surface area contributed by atoms with Crippen LogP contribution in [-0.4, -0.2) is 0 Å². The standard InChI is InChI=1S/C48H34/c1-3-11-33(12-4-1)27-42-30-40-24-23-38(32-48(40)47-18-10-9-17-45(42)47)37-25-26-46-43(28-37)31-41(29-39-15-7-8-16-44(39)46)36-21-19-35(20-22-36)34-13-5-2-6-14-34/h1-28,31-32H,29-30H2/b42-27-. The van der Waals surface area contributed by atoms with Gasteiger partial charge in [0.1, 0.15) is 0 Å². The first kappa shape index (κ1) is 28.3. The van der Waals surface area contributed by atoms with Crippen LogP contribution in [0.4, 0.5) is 0 Å². The molecule has 0 spiro atoms. The minimum Gasteiger partial charge on any atom is -0.0622 e. The van der Waals surface area contributed by atoms with E-state index in [-0.39, 0.29) is 0 Å². The van der Waals surface area contributed by atoms with Gasteiger partial charge in [0.15, 0.2) is 0 Å². The topological polar surface area (TPSA) is 0 Å². The van der Waals surface area contributed by atoms with E-state index < -0.39 is 0 Å². The number of allylic oxidation sites excluding steroid dienone is 2. The van der Waals surface area contributed by atoms with Gasteiger partial charge in [0.2, 0.25) is 0 Å². The molecule has 0 nitrogen and oxygen atoms in total. The summed E-state index contributed by atoms with van der Waals surface area (Å²) in [5, 5.41) is 0. The molecule has 0 saturated heterocycles. The third-order valence-electron chi connectivity index (χ3n) is 9.96. The van der Waals surface area contributed by atoms with Crippen LogP contribution in [0.3, 0.4) is 0 Å². The Hall–Kier alpha value is -5.98. The largest absolute Gasteiger partial charge is 0.0622 e. The molecule has 0 saturated carbocycles. The average Bonchev–Trinajstić information content (AvgIpc) is 3.32. The Bertz CT molecular complexity index is 2350. The monoisotopic (exact) mass is 610 g/mol. The van der Waals surface area contributed by atoms with Crippen molar-refractivity contribution in [2.45, 2.75) is 12.8 Å². The fraction of sp³-hybridized carbons (Fsp3) is 0.0417. The number of hydrogen-bond acceptors (Lipinski definition) is 0. The van der Waals surface area contributed by atoms with Crippen molar-refractivity contribution in [3.63, 3.8) is 0 Å². The molecule has 48 heavy (non-hydrogen) atoms. The van der Waals surface area contributed by atoms with Crippen LogP contribution in [-0.2, 0) is 12.8 Å². The summed E-state index contributed by atoms with van der Waals surface area (Å²) in [6.07, 6.45) is 6.60. The molecule has 0 atom stereocenters. The molecule has 0 unspecified atom stereocenters. The number of hydrogen-bond donors (Lipinski definition) is 0. The maximum absolute atomic E-state index is 2.42. The second-order valence-electron chi connectivity index (χ2n) is 12.9. The fourth-order valence-corrected chi connectivity index (χ4v) is 7.52. The maximum atomic E-state index is 2.42. The molecular weight excluding hydrogens is 577 g/mol. The third kappa shape index (κ3) is 5.22. The first-order valence-corrected chi connectivity index (χ1v) is 16.8. The van der Waals surface area contributed by atoms with Crippen LogP contribution in [0.25, 0.3) is 67.8 Å². The van der Waals surface area contributed by atoms with Gasteiger partial charge in [-0.25, -0.2) is 0 Å². The predicted molar refractivity (Wildman–Crippen MR) is 204 cm³/mol. The summed E-state index contributed by atoms with van der Waals surface area (Å²) in [5.74, 6) is 0. The molecule has 0 fully saturated rings. The number of rotatable bonds is 4. The molecule has 0 heterocycles. The lowest BCUT2D eigenvalue weighted by atomic mass is 9.80. The van der Waals surface area contributed by atoms with Crippen LogP contribution in [0.1, 0.15) is 33.4 Å². The lowest BCUT2D eigenvalue weighted by Crippen LogP contribution is -2.03. The van der Waals surface area contributed by atoms with Crippen molar-refractivity contribution < 1.29 is 0 Å². The van der Waals surface area contributed by atoms with Crippen molar-refractivity contribution in [3.05, 3.63) is 203 Å². The summed E-state index contributed by atoms with van der Waals surface area (Å²) in [4.78, 5) is 0. The van der Waals surface area contributed by atoms with Gasteiger partial charge in [-0.2, -0.15) is 0 Å². The maximum Gasteiger partial charge on any atom is -0.00132 e. The third-order valence-corrected chi connectivity index (χ3v) is 9.96. The van der Waals surface area contributed by atoms with E-state index in [1.807, 2.05) is 0 Å². The van der Waals surface area contributed by atoms with E-state index >= 15 is 0 Å². The Balaban J connectivity index is 1.12. The van der Waals surface area contributed by atoms with Crippen LogP contribution >= 0.6 is 0 Å². The van der Waals surface area contributed by atoms with E-state index in [1.165, 1.54) is 89.0 Å². The SMILES string of the molecule is C1=C(c2ccc(-c3ccccc3)cc2)Cc2ccccc2-c2ccc(-c3ccc4c(c3)-c3ccccc3/C(=C\c3ccccc3)C4)cc21. The Morgan fingerprint density at radius 1 is 0.354 bits per heavy atom. The second-order valence-corrected chi connectivity index (χ2v) is 12.9. The van der Waals surface area contributed by atoms with Crippen molar-refractivity contribution in [1.82, 2.24) is 0 Å². The first-order valence-electron chi connectivity index (χ1n) is 16.8. The summed E-state index contributed by atoms with van der Waals surface area (Å²) in [6.45, 7) is 0. The summed E-state index contributed by atoms with van der Waals surface area (Å²) in [7, 11) is 0. The Morgan fingerprint density at radius 2 is 0.938 bits per heavy atom. The first-order chi connectivity index (χ1) is 23.8. The van der Waals surface area contributed by atoms with Gasteiger partial charge in [0.25, 0.3) is 0 Å². The van der Waals surface area contributed by atoms with Crippen molar-refractivity contribution in [3.8, 4) is 44.5 Å². The van der Waals surface area contributed by atoms with Crippen LogP contribution < -0.4 is 0 Å². The number of benzene rings is 7. The van der Waals surface area contributed by atoms with Gasteiger partial charge in [0, 0.05) is 0 Å². The van der Waals surface area contributed by atoms with Crippen LogP contribution in [0.5, 0.6) is 0 Å². The molecular formula is C48H34. The van der Waals surface area contributed by atoms with E-state index in [0.717, 1.165) is 12.8 Å². The van der Waals surface area contributed by atoms with Crippen LogP contribution in [0, 0.1) is 0 Å². The quantitative estimate of drug-likeness (QED) is 0.186. The molecule has 2 aliphatic carbocycles. The highest BCUT2D eigenvalue weighted by molar-refractivity contribution is 5.97. The predicted octanol–water partition coefficient (Wildman–Crippen LogP) is 12.5. The zero-order chi connectivity index (χ0) is 31.9. The summed E-state index contributed by atoms with van der Waals surface area (Å²) in [6, 6.07) is 62.2. The second kappa shape index (κ2) is 12.0. The molecule has 9 rings (SSSR count). The van der Waals surface area contributed by atoms with E-state index in [2.05, 4.69) is 182 Å². The van der Waals surface area contributed by atoms with Gasteiger partial charge >= 0.3 is 0 Å². The molecule has 226 valence electrons. The minimum absolute atomic E-state index is 0.902. The lowest BCUT2D eigenvalue weighted by molar-refractivity contribution is 1.25. The zero-order valence-electron chi connectivity index (χ0n) is 26.7. The Morgan fingerprint density at radius 3 is 1.75 bits per heavy atom. The molecule has 0 aliphatic heterocycles. The molecule has 0 heteroatoms.